The van der Waals surface area contributed by atoms with E-state index in [-0.39, 0.29) is 41.4 Å². The molecule has 1 amide bonds. The number of thioether (sulfide) groups is 1. The fraction of sp³-hybridized carbons (Fsp3) is 0.115. The summed E-state index contributed by atoms with van der Waals surface area (Å²) in [6.45, 7) is -0.217. The maximum Gasteiger partial charge on any atom is 0.412 e. The van der Waals surface area contributed by atoms with Crippen LogP contribution < -0.4 is 14.8 Å². The number of aromatic nitrogens is 4. The van der Waals surface area contributed by atoms with E-state index >= 15 is 0 Å². The van der Waals surface area contributed by atoms with E-state index in [0.29, 0.717) is 16.1 Å². The quantitative estimate of drug-likeness (QED) is 0.132. The van der Waals surface area contributed by atoms with Crippen LogP contribution in [0.2, 0.25) is 5.02 Å². The lowest BCUT2D eigenvalue weighted by atomic mass is 10.1. The van der Waals surface area contributed by atoms with Crippen LogP contribution in [0.15, 0.2) is 83.8 Å². The molecule has 0 fully saturated rings. The van der Waals surface area contributed by atoms with Crippen LogP contribution in [-0.4, -0.2) is 53.9 Å². The van der Waals surface area contributed by atoms with Gasteiger partial charge in [0, 0.05) is 17.4 Å². The Morgan fingerprint density at radius 3 is 2.52 bits per heavy atom. The van der Waals surface area contributed by atoms with Crippen LogP contribution in [0.4, 0.5) is 16.4 Å². The molecule has 0 saturated carbocycles. The Labute approximate surface area is 240 Å². The molecule has 4 rings (SSSR count). The van der Waals surface area contributed by atoms with Gasteiger partial charge in [0.1, 0.15) is 13.2 Å². The van der Waals surface area contributed by atoms with Crippen molar-refractivity contribution >= 4 is 57.2 Å². The maximum absolute atomic E-state index is 13.0. The average Bonchev–Trinajstić information content (AvgIpc) is 2.95. The van der Waals surface area contributed by atoms with Crippen molar-refractivity contribution in [1.82, 2.24) is 19.9 Å². The molecule has 0 saturated heterocycles. The zero-order valence-electron chi connectivity index (χ0n) is 21.0. The van der Waals surface area contributed by atoms with Crippen molar-refractivity contribution in [3.05, 3.63) is 89.2 Å². The molecule has 0 aliphatic heterocycles. The van der Waals surface area contributed by atoms with E-state index in [1.807, 2.05) is 6.07 Å². The van der Waals surface area contributed by atoms with Crippen molar-refractivity contribution in [3.63, 3.8) is 0 Å². The van der Waals surface area contributed by atoms with Gasteiger partial charge in [-0.1, -0.05) is 65.8 Å². The normalized spacial score (nSPS) is 11.2. The monoisotopic (exact) mass is 598 g/mol. The fourth-order valence-corrected chi connectivity index (χ4v) is 4.55. The standard InChI is InChI=1S/C26H23ClN6O5S2/c1-39-25-31-23(33-40(35,36)16-11-18-5-3-2-4-6-18)22(19-7-9-20(27)10-8-19)24(32-25)37-14-15-38-26(34)30-21-17-28-12-13-29-21/h2-13,16-17H,14-15H2,1H3,(H,29,30,34)(H,31,32,33)/b16-11+. The lowest BCUT2D eigenvalue weighted by Crippen LogP contribution is -2.19. The first-order chi connectivity index (χ1) is 19.3. The molecule has 0 unspecified atom stereocenters. The number of anilines is 2. The summed E-state index contributed by atoms with van der Waals surface area (Å²) in [6, 6.07) is 15.7. The van der Waals surface area contributed by atoms with Gasteiger partial charge in [0.15, 0.2) is 16.8 Å². The molecule has 2 aromatic carbocycles. The average molecular weight is 599 g/mol. The van der Waals surface area contributed by atoms with Crippen molar-refractivity contribution < 1.29 is 22.7 Å². The third-order valence-corrected chi connectivity index (χ3v) is 6.77. The summed E-state index contributed by atoms with van der Waals surface area (Å²) in [5.74, 6) is 0.331. The Kier molecular flexibility index (Phi) is 9.89. The maximum atomic E-state index is 13.0. The minimum atomic E-state index is -3.98. The number of carbonyl (C=O) groups is 1. The molecule has 4 aromatic rings. The van der Waals surface area contributed by atoms with E-state index in [1.54, 1.807) is 54.8 Å². The molecule has 206 valence electrons. The van der Waals surface area contributed by atoms with Crippen molar-refractivity contribution in [2.24, 2.45) is 0 Å². The van der Waals surface area contributed by atoms with Gasteiger partial charge in [0.2, 0.25) is 5.88 Å². The fourth-order valence-electron chi connectivity index (χ4n) is 3.25. The lowest BCUT2D eigenvalue weighted by molar-refractivity contribution is 0.136. The first-order valence-corrected chi connectivity index (χ1v) is 14.8. The zero-order valence-corrected chi connectivity index (χ0v) is 23.4. The van der Waals surface area contributed by atoms with Gasteiger partial charge in [-0.15, -0.1) is 0 Å². The zero-order chi connectivity index (χ0) is 28.4. The Bertz CT molecular complexity index is 1570. The molecule has 2 heterocycles. The molecule has 2 aromatic heterocycles. The van der Waals surface area contributed by atoms with Crippen LogP contribution >= 0.6 is 23.4 Å². The van der Waals surface area contributed by atoms with Crippen LogP contribution in [-0.2, 0) is 14.8 Å². The largest absolute Gasteiger partial charge is 0.473 e. The number of halogens is 1. The molecule has 0 aliphatic carbocycles. The van der Waals surface area contributed by atoms with E-state index in [4.69, 9.17) is 21.1 Å². The highest BCUT2D eigenvalue weighted by molar-refractivity contribution is 7.98. The Morgan fingerprint density at radius 2 is 1.82 bits per heavy atom. The van der Waals surface area contributed by atoms with Crippen LogP contribution in [0.3, 0.4) is 0 Å². The molecule has 2 N–H and O–H groups in total. The Hall–Kier alpha value is -4.20. The molecule has 0 bridgehead atoms. The van der Waals surface area contributed by atoms with Crippen molar-refractivity contribution in [1.29, 1.82) is 0 Å². The summed E-state index contributed by atoms with van der Waals surface area (Å²) in [7, 11) is -3.98. The van der Waals surface area contributed by atoms with E-state index in [0.717, 1.165) is 5.41 Å². The minimum Gasteiger partial charge on any atom is -0.473 e. The predicted molar refractivity (Wildman–Crippen MR) is 155 cm³/mol. The Balaban J connectivity index is 1.57. The van der Waals surface area contributed by atoms with E-state index < -0.39 is 16.1 Å². The second-order valence-electron chi connectivity index (χ2n) is 7.81. The highest BCUT2D eigenvalue weighted by Gasteiger charge is 2.21. The number of ether oxygens (including phenoxy) is 2. The summed E-state index contributed by atoms with van der Waals surface area (Å²) in [4.78, 5) is 28.7. The van der Waals surface area contributed by atoms with E-state index in [9.17, 15) is 13.2 Å². The van der Waals surface area contributed by atoms with Gasteiger partial charge in [-0.2, -0.15) is 4.98 Å². The van der Waals surface area contributed by atoms with Crippen molar-refractivity contribution in [2.75, 3.05) is 29.5 Å². The molecule has 0 radical (unpaired) electrons. The van der Waals surface area contributed by atoms with Gasteiger partial charge in [0.05, 0.1) is 17.2 Å². The van der Waals surface area contributed by atoms with Crippen molar-refractivity contribution in [3.8, 4) is 17.0 Å². The number of amides is 1. The Morgan fingerprint density at radius 1 is 1.05 bits per heavy atom. The van der Waals surface area contributed by atoms with E-state index in [1.165, 1.54) is 36.4 Å². The number of benzene rings is 2. The number of carbonyl (C=O) groups excluding carboxylic acids is 1. The van der Waals surface area contributed by atoms with Gasteiger partial charge < -0.3 is 9.47 Å². The van der Waals surface area contributed by atoms with Crippen molar-refractivity contribution in [2.45, 2.75) is 5.16 Å². The molecular formula is C26H23ClN6O5S2. The predicted octanol–water partition coefficient (Wildman–Crippen LogP) is 5.35. The van der Waals surface area contributed by atoms with Gasteiger partial charge in [-0.25, -0.2) is 23.2 Å². The topological polar surface area (TPSA) is 145 Å². The van der Waals surface area contributed by atoms with Gasteiger partial charge in [-0.3, -0.25) is 15.0 Å². The molecule has 11 nitrogen and oxygen atoms in total. The summed E-state index contributed by atoms with van der Waals surface area (Å²) in [6.07, 6.45) is 6.75. The van der Waals surface area contributed by atoms with Gasteiger partial charge in [0.25, 0.3) is 10.0 Å². The number of nitrogens with one attached hydrogen (secondary N) is 2. The molecular weight excluding hydrogens is 576 g/mol. The molecule has 14 heteroatoms. The first kappa shape index (κ1) is 28.8. The summed E-state index contributed by atoms with van der Waals surface area (Å²) in [5.41, 5.74) is 1.55. The summed E-state index contributed by atoms with van der Waals surface area (Å²) < 4.78 is 39.5. The molecule has 0 spiro atoms. The second kappa shape index (κ2) is 13.7. The van der Waals surface area contributed by atoms with Gasteiger partial charge in [-0.05, 0) is 35.6 Å². The second-order valence-corrected chi connectivity index (χ2v) is 10.6. The molecule has 0 aliphatic rings. The first-order valence-electron chi connectivity index (χ1n) is 11.6. The minimum absolute atomic E-state index is 0.00991. The number of sulfonamides is 1. The van der Waals surface area contributed by atoms with Crippen LogP contribution in [0.1, 0.15) is 5.56 Å². The smallest absolute Gasteiger partial charge is 0.412 e. The van der Waals surface area contributed by atoms with E-state index in [2.05, 4.69) is 30.0 Å². The third kappa shape index (κ3) is 8.40. The SMILES string of the molecule is CSc1nc(NS(=O)(=O)/C=C/c2ccccc2)c(-c2ccc(Cl)cc2)c(OCCOC(=O)Nc2cnccn2)n1. The van der Waals surface area contributed by atoms with Crippen LogP contribution in [0, 0.1) is 0 Å². The van der Waals surface area contributed by atoms with Crippen LogP contribution in [0.5, 0.6) is 5.88 Å². The number of hydrogen-bond acceptors (Lipinski definition) is 10. The number of nitrogens with zero attached hydrogens (tertiary/aromatic N) is 4. The molecule has 0 atom stereocenters. The van der Waals surface area contributed by atoms with Crippen LogP contribution in [0.25, 0.3) is 17.2 Å². The highest BCUT2D eigenvalue weighted by atomic mass is 35.5. The number of hydrogen-bond donors (Lipinski definition) is 2. The van der Waals surface area contributed by atoms with Gasteiger partial charge >= 0.3 is 6.09 Å². The molecule has 40 heavy (non-hydrogen) atoms. The summed E-state index contributed by atoms with van der Waals surface area (Å²) >= 11 is 7.27. The number of rotatable bonds is 11. The highest BCUT2D eigenvalue weighted by Crippen LogP contribution is 2.37. The summed E-state index contributed by atoms with van der Waals surface area (Å²) in [5, 5.41) is 4.25. The lowest BCUT2D eigenvalue weighted by Gasteiger charge is -2.16. The third-order valence-electron chi connectivity index (χ3n) is 5.00.